The molecule has 1 aliphatic carbocycles. The minimum absolute atomic E-state index is 0.552. The molecule has 0 aromatic carbocycles. The largest absolute Gasteiger partial charge is 0.379 e. The van der Waals surface area contributed by atoms with E-state index < -0.39 is 0 Å². The second-order valence-electron chi connectivity index (χ2n) is 3.42. The van der Waals surface area contributed by atoms with Crippen LogP contribution in [-0.4, -0.2) is 24.7 Å². The molecule has 0 radical (unpaired) electrons. The molecule has 1 heterocycles. The number of ether oxygens (including phenoxy) is 1. The number of hydrogen-bond donors (Lipinski definition) is 1. The quantitative estimate of drug-likeness (QED) is 0.766. The monoisotopic (exact) mass is 232 g/mol. The number of thiazole rings is 1. The third-order valence-electron chi connectivity index (χ3n) is 2.05. The van der Waals surface area contributed by atoms with Crippen molar-refractivity contribution in [2.45, 2.75) is 12.8 Å². The Bertz CT molecular complexity index is 288. The predicted molar refractivity (Wildman–Crippen MR) is 59.2 cm³/mol. The lowest BCUT2D eigenvalue weighted by Crippen LogP contribution is -2.10. The van der Waals surface area contributed by atoms with Crippen molar-refractivity contribution < 1.29 is 4.74 Å². The van der Waals surface area contributed by atoms with Crippen LogP contribution in [0.3, 0.4) is 0 Å². The lowest BCUT2D eigenvalue weighted by Gasteiger charge is -2.03. The molecule has 0 bridgehead atoms. The zero-order valence-corrected chi connectivity index (χ0v) is 9.40. The molecule has 1 aliphatic rings. The predicted octanol–water partition coefficient (Wildman–Crippen LogP) is 2.64. The summed E-state index contributed by atoms with van der Waals surface area (Å²) in [7, 11) is 0. The topological polar surface area (TPSA) is 34.1 Å². The molecule has 78 valence electrons. The SMILES string of the molecule is Clc1csc(NCCOCC2CC2)n1. The van der Waals surface area contributed by atoms with Gasteiger partial charge in [0.15, 0.2) is 5.13 Å². The van der Waals surface area contributed by atoms with E-state index in [1.807, 2.05) is 5.38 Å². The summed E-state index contributed by atoms with van der Waals surface area (Å²) in [6.45, 7) is 2.46. The summed E-state index contributed by atoms with van der Waals surface area (Å²) in [6.07, 6.45) is 2.69. The molecule has 1 N–H and O–H groups in total. The van der Waals surface area contributed by atoms with Crippen LogP contribution in [0.25, 0.3) is 0 Å². The summed E-state index contributed by atoms with van der Waals surface area (Å²) in [5.74, 6) is 0.837. The van der Waals surface area contributed by atoms with Crippen molar-refractivity contribution in [2.75, 3.05) is 25.1 Å². The Morgan fingerprint density at radius 1 is 1.64 bits per heavy atom. The number of nitrogens with one attached hydrogen (secondary N) is 1. The number of halogens is 1. The lowest BCUT2D eigenvalue weighted by molar-refractivity contribution is 0.134. The lowest BCUT2D eigenvalue weighted by atomic mass is 10.5. The van der Waals surface area contributed by atoms with Gasteiger partial charge in [-0.3, -0.25) is 0 Å². The molecule has 1 aromatic heterocycles. The van der Waals surface area contributed by atoms with Crippen LogP contribution < -0.4 is 5.32 Å². The van der Waals surface area contributed by atoms with E-state index in [0.717, 1.165) is 30.8 Å². The van der Waals surface area contributed by atoms with E-state index in [9.17, 15) is 0 Å². The molecule has 1 aromatic rings. The molecule has 2 rings (SSSR count). The molecule has 1 saturated carbocycles. The number of aromatic nitrogens is 1. The fourth-order valence-corrected chi connectivity index (χ4v) is 1.97. The molecule has 0 spiro atoms. The van der Waals surface area contributed by atoms with Crippen molar-refractivity contribution in [1.82, 2.24) is 4.98 Å². The standard InChI is InChI=1S/C9H13ClN2OS/c10-8-6-14-9(12-8)11-3-4-13-5-7-1-2-7/h6-7H,1-5H2,(H,11,12). The highest BCUT2D eigenvalue weighted by molar-refractivity contribution is 7.14. The molecule has 0 unspecified atom stereocenters. The maximum Gasteiger partial charge on any atom is 0.184 e. The van der Waals surface area contributed by atoms with Crippen LogP contribution >= 0.6 is 22.9 Å². The molecular formula is C9H13ClN2OS. The zero-order chi connectivity index (χ0) is 9.80. The van der Waals surface area contributed by atoms with E-state index >= 15 is 0 Å². The summed E-state index contributed by atoms with van der Waals surface area (Å²) < 4.78 is 5.47. The maximum atomic E-state index is 5.68. The molecule has 14 heavy (non-hydrogen) atoms. The summed E-state index contributed by atoms with van der Waals surface area (Å²) in [4.78, 5) is 4.07. The van der Waals surface area contributed by atoms with Crippen LogP contribution in [0.15, 0.2) is 5.38 Å². The molecule has 0 atom stereocenters. The van der Waals surface area contributed by atoms with Crippen molar-refractivity contribution in [1.29, 1.82) is 0 Å². The van der Waals surface area contributed by atoms with Gasteiger partial charge in [0.1, 0.15) is 5.15 Å². The van der Waals surface area contributed by atoms with Crippen LogP contribution in [-0.2, 0) is 4.74 Å². The average Bonchev–Trinajstić information content (AvgIpc) is 2.89. The third-order valence-corrected chi connectivity index (χ3v) is 3.17. The summed E-state index contributed by atoms with van der Waals surface area (Å²) in [5.41, 5.74) is 0. The van der Waals surface area contributed by atoms with Crippen LogP contribution in [0.2, 0.25) is 5.15 Å². The van der Waals surface area contributed by atoms with Gasteiger partial charge in [-0.15, -0.1) is 11.3 Å². The first-order chi connectivity index (χ1) is 6.84. The third kappa shape index (κ3) is 3.44. The van der Waals surface area contributed by atoms with Gasteiger partial charge < -0.3 is 10.1 Å². The smallest absolute Gasteiger partial charge is 0.184 e. The maximum absolute atomic E-state index is 5.68. The average molecular weight is 233 g/mol. The van der Waals surface area contributed by atoms with Crippen LogP contribution in [0, 0.1) is 5.92 Å². The van der Waals surface area contributed by atoms with Crippen LogP contribution in [0.1, 0.15) is 12.8 Å². The fraction of sp³-hybridized carbons (Fsp3) is 0.667. The molecule has 5 heteroatoms. The van der Waals surface area contributed by atoms with E-state index in [0.29, 0.717) is 5.15 Å². The number of anilines is 1. The molecular weight excluding hydrogens is 220 g/mol. The van der Waals surface area contributed by atoms with Gasteiger partial charge in [-0.05, 0) is 18.8 Å². The van der Waals surface area contributed by atoms with Crippen LogP contribution in [0.5, 0.6) is 0 Å². The summed E-state index contributed by atoms with van der Waals surface area (Å²) >= 11 is 7.19. The molecule has 0 saturated heterocycles. The zero-order valence-electron chi connectivity index (χ0n) is 7.83. The Morgan fingerprint density at radius 2 is 2.50 bits per heavy atom. The van der Waals surface area contributed by atoms with E-state index in [2.05, 4.69) is 10.3 Å². The van der Waals surface area contributed by atoms with E-state index in [1.165, 1.54) is 24.2 Å². The highest BCUT2D eigenvalue weighted by Gasteiger charge is 2.20. The van der Waals surface area contributed by atoms with Crippen molar-refractivity contribution >= 4 is 28.1 Å². The van der Waals surface area contributed by atoms with Crippen molar-refractivity contribution in [3.63, 3.8) is 0 Å². The van der Waals surface area contributed by atoms with Crippen LogP contribution in [0.4, 0.5) is 5.13 Å². The first-order valence-corrected chi connectivity index (χ1v) is 6.03. The molecule has 0 amide bonds. The second-order valence-corrected chi connectivity index (χ2v) is 4.67. The Labute approximate surface area is 92.4 Å². The summed E-state index contributed by atoms with van der Waals surface area (Å²) in [6, 6.07) is 0. The minimum Gasteiger partial charge on any atom is -0.379 e. The van der Waals surface area contributed by atoms with E-state index in [-0.39, 0.29) is 0 Å². The van der Waals surface area contributed by atoms with Gasteiger partial charge in [0.05, 0.1) is 6.61 Å². The normalized spacial score (nSPS) is 15.8. The Balaban J connectivity index is 1.53. The van der Waals surface area contributed by atoms with Gasteiger partial charge in [-0.1, -0.05) is 11.6 Å². The molecule has 0 aliphatic heterocycles. The second kappa shape index (κ2) is 4.96. The van der Waals surface area contributed by atoms with Gasteiger partial charge in [-0.2, -0.15) is 0 Å². The van der Waals surface area contributed by atoms with Gasteiger partial charge in [0, 0.05) is 18.5 Å². The van der Waals surface area contributed by atoms with Gasteiger partial charge in [0.25, 0.3) is 0 Å². The number of rotatable bonds is 6. The number of hydrogen-bond acceptors (Lipinski definition) is 4. The molecule has 3 nitrogen and oxygen atoms in total. The van der Waals surface area contributed by atoms with Crippen molar-refractivity contribution in [3.8, 4) is 0 Å². The van der Waals surface area contributed by atoms with E-state index in [1.54, 1.807) is 0 Å². The minimum atomic E-state index is 0.552. The first-order valence-electron chi connectivity index (χ1n) is 4.77. The fourth-order valence-electron chi connectivity index (χ4n) is 1.10. The number of nitrogens with zero attached hydrogens (tertiary/aromatic N) is 1. The van der Waals surface area contributed by atoms with Gasteiger partial charge in [0.2, 0.25) is 0 Å². The highest BCUT2D eigenvalue weighted by Crippen LogP contribution is 2.28. The van der Waals surface area contributed by atoms with Crippen molar-refractivity contribution in [2.24, 2.45) is 5.92 Å². The van der Waals surface area contributed by atoms with Crippen molar-refractivity contribution in [3.05, 3.63) is 10.5 Å². The Morgan fingerprint density at radius 3 is 3.14 bits per heavy atom. The van der Waals surface area contributed by atoms with Gasteiger partial charge >= 0.3 is 0 Å². The Hall–Kier alpha value is -0.320. The van der Waals surface area contributed by atoms with E-state index in [4.69, 9.17) is 16.3 Å². The summed E-state index contributed by atoms with van der Waals surface area (Å²) in [5, 5.41) is 6.39. The first kappa shape index (κ1) is 10.2. The van der Waals surface area contributed by atoms with Gasteiger partial charge in [-0.25, -0.2) is 4.98 Å². The Kier molecular flexibility index (Phi) is 3.61. The highest BCUT2D eigenvalue weighted by atomic mass is 35.5. The molecule has 1 fully saturated rings.